The van der Waals surface area contributed by atoms with Gasteiger partial charge in [-0.3, -0.25) is 4.79 Å². The van der Waals surface area contributed by atoms with Gasteiger partial charge in [0, 0.05) is 0 Å². The molecular weight excluding hydrogens is 286 g/mol. The number of nitrogens with one attached hydrogen (secondary N) is 1. The van der Waals surface area contributed by atoms with Gasteiger partial charge in [0.05, 0.1) is 11.8 Å². The van der Waals surface area contributed by atoms with Gasteiger partial charge in [0.25, 0.3) is 5.91 Å². The molecule has 2 aromatic rings. The molecular formula is C16H17NO5. The van der Waals surface area contributed by atoms with E-state index < -0.39 is 17.4 Å². The van der Waals surface area contributed by atoms with Crippen molar-refractivity contribution in [2.45, 2.75) is 19.4 Å². The summed E-state index contributed by atoms with van der Waals surface area (Å²) < 4.78 is 10.5. The molecule has 0 saturated heterocycles. The Hall–Kier alpha value is -2.76. The number of hydrogen-bond donors (Lipinski definition) is 2. The summed E-state index contributed by atoms with van der Waals surface area (Å²) in [5, 5.41) is 11.9. The summed E-state index contributed by atoms with van der Waals surface area (Å²) in [7, 11) is 0. The average Bonchev–Trinajstić information content (AvgIpc) is 2.92. The van der Waals surface area contributed by atoms with Crippen LogP contribution in [-0.2, 0) is 4.79 Å². The Kier molecular flexibility index (Phi) is 4.50. The molecule has 2 rings (SSSR count). The molecule has 1 unspecified atom stereocenters. The number of ether oxygens (including phenoxy) is 1. The zero-order chi connectivity index (χ0) is 16.2. The number of carboxylic acid groups (broad SMARTS) is 1. The number of carboxylic acids is 1. The van der Waals surface area contributed by atoms with Crippen molar-refractivity contribution >= 4 is 11.9 Å². The highest BCUT2D eigenvalue weighted by Gasteiger charge is 2.36. The van der Waals surface area contributed by atoms with Gasteiger partial charge in [-0.1, -0.05) is 18.2 Å². The minimum absolute atomic E-state index is 0.199. The molecule has 6 nitrogen and oxygen atoms in total. The Bertz CT molecular complexity index is 664. The van der Waals surface area contributed by atoms with Crippen molar-refractivity contribution in [1.29, 1.82) is 0 Å². The van der Waals surface area contributed by atoms with Crippen molar-refractivity contribution in [3.05, 3.63) is 54.0 Å². The van der Waals surface area contributed by atoms with Crippen molar-refractivity contribution in [2.75, 3.05) is 6.61 Å². The first-order valence-electron chi connectivity index (χ1n) is 6.70. The van der Waals surface area contributed by atoms with Crippen molar-refractivity contribution in [3.63, 3.8) is 0 Å². The number of aliphatic carboxylic acids is 1. The maximum atomic E-state index is 12.2. The Morgan fingerprint density at radius 3 is 2.50 bits per heavy atom. The first-order chi connectivity index (χ1) is 10.4. The summed E-state index contributed by atoms with van der Waals surface area (Å²) in [6.07, 6.45) is 1.38. The van der Waals surface area contributed by atoms with Crippen LogP contribution in [0.5, 0.6) is 5.75 Å². The Labute approximate surface area is 127 Å². The van der Waals surface area contributed by atoms with E-state index in [0.29, 0.717) is 17.1 Å². The molecule has 0 fully saturated rings. The van der Waals surface area contributed by atoms with Gasteiger partial charge in [-0.15, -0.1) is 0 Å². The number of benzene rings is 1. The van der Waals surface area contributed by atoms with Gasteiger partial charge < -0.3 is 19.6 Å². The van der Waals surface area contributed by atoms with Crippen molar-refractivity contribution < 1.29 is 23.8 Å². The SMILES string of the molecule is Cc1occc1C(=O)NC(C)(COc1ccccc1)C(=O)O. The van der Waals surface area contributed by atoms with Crippen LogP contribution in [-0.4, -0.2) is 29.1 Å². The van der Waals surface area contributed by atoms with Crippen molar-refractivity contribution in [2.24, 2.45) is 0 Å². The predicted octanol–water partition coefficient (Wildman–Crippen LogP) is 2.24. The molecule has 0 aliphatic carbocycles. The highest BCUT2D eigenvalue weighted by Crippen LogP contribution is 2.15. The topological polar surface area (TPSA) is 88.8 Å². The number of rotatable bonds is 6. The summed E-state index contributed by atoms with van der Waals surface area (Å²) in [4.78, 5) is 23.7. The number of aryl methyl sites for hydroxylation is 1. The second kappa shape index (κ2) is 6.34. The third-order valence-corrected chi connectivity index (χ3v) is 3.24. The first-order valence-corrected chi connectivity index (χ1v) is 6.70. The third-order valence-electron chi connectivity index (χ3n) is 3.24. The lowest BCUT2D eigenvalue weighted by Gasteiger charge is -2.26. The van der Waals surface area contributed by atoms with Gasteiger partial charge in [-0.25, -0.2) is 4.79 Å². The molecule has 0 aliphatic heterocycles. The molecule has 22 heavy (non-hydrogen) atoms. The fraction of sp³-hybridized carbons (Fsp3) is 0.250. The molecule has 0 spiro atoms. The lowest BCUT2D eigenvalue weighted by molar-refractivity contribution is -0.145. The summed E-state index contributed by atoms with van der Waals surface area (Å²) in [6, 6.07) is 10.3. The Morgan fingerprint density at radius 1 is 1.27 bits per heavy atom. The molecule has 1 atom stereocenters. The standard InChI is InChI=1S/C16H17NO5/c1-11-13(8-9-21-11)14(18)17-16(2,15(19)20)10-22-12-6-4-3-5-7-12/h3-9H,10H2,1-2H3,(H,17,18)(H,19,20). The van der Waals surface area contributed by atoms with Crippen molar-refractivity contribution in [3.8, 4) is 5.75 Å². The Morgan fingerprint density at radius 2 is 1.95 bits per heavy atom. The van der Waals surface area contributed by atoms with Crippen LogP contribution < -0.4 is 10.1 Å². The molecule has 1 aromatic carbocycles. The van der Waals surface area contributed by atoms with Gasteiger partial charge in [0.2, 0.25) is 0 Å². The van der Waals surface area contributed by atoms with Crippen LogP contribution in [0, 0.1) is 6.92 Å². The molecule has 1 aromatic heterocycles. The van der Waals surface area contributed by atoms with E-state index in [9.17, 15) is 14.7 Å². The van der Waals surface area contributed by atoms with E-state index in [-0.39, 0.29) is 6.61 Å². The molecule has 0 bridgehead atoms. The second-order valence-electron chi connectivity index (χ2n) is 5.08. The zero-order valence-corrected chi connectivity index (χ0v) is 12.3. The number of hydrogen-bond acceptors (Lipinski definition) is 4. The van der Waals surface area contributed by atoms with Gasteiger partial charge in [0.1, 0.15) is 18.1 Å². The summed E-state index contributed by atoms with van der Waals surface area (Å²) >= 11 is 0. The highest BCUT2D eigenvalue weighted by atomic mass is 16.5. The number of furan rings is 1. The summed E-state index contributed by atoms with van der Waals surface area (Å²) in [5.74, 6) is -0.747. The van der Waals surface area contributed by atoms with E-state index in [2.05, 4.69) is 5.32 Å². The lowest BCUT2D eigenvalue weighted by atomic mass is 10.0. The largest absolute Gasteiger partial charge is 0.491 e. The number of amides is 1. The molecule has 1 amide bonds. The van der Waals surface area contributed by atoms with Crippen LogP contribution in [0.4, 0.5) is 0 Å². The average molecular weight is 303 g/mol. The molecule has 0 saturated carbocycles. The third kappa shape index (κ3) is 3.46. The van der Waals surface area contributed by atoms with Gasteiger partial charge in [-0.05, 0) is 32.0 Å². The fourth-order valence-electron chi connectivity index (χ4n) is 1.83. The fourth-order valence-corrected chi connectivity index (χ4v) is 1.83. The monoisotopic (exact) mass is 303 g/mol. The number of para-hydroxylation sites is 1. The van der Waals surface area contributed by atoms with Crippen LogP contribution in [0.25, 0.3) is 0 Å². The number of carbonyl (C=O) groups excluding carboxylic acids is 1. The van der Waals surface area contributed by atoms with E-state index in [1.165, 1.54) is 19.3 Å². The zero-order valence-electron chi connectivity index (χ0n) is 12.3. The van der Waals surface area contributed by atoms with Crippen LogP contribution in [0.2, 0.25) is 0 Å². The van der Waals surface area contributed by atoms with E-state index >= 15 is 0 Å². The minimum Gasteiger partial charge on any atom is -0.491 e. The first kappa shape index (κ1) is 15.6. The number of carbonyl (C=O) groups is 2. The van der Waals surface area contributed by atoms with Crippen LogP contribution in [0.3, 0.4) is 0 Å². The predicted molar refractivity (Wildman–Crippen MR) is 78.9 cm³/mol. The molecule has 116 valence electrons. The lowest BCUT2D eigenvalue weighted by Crippen LogP contribution is -2.56. The van der Waals surface area contributed by atoms with Crippen LogP contribution in [0.15, 0.2) is 47.1 Å². The quantitative estimate of drug-likeness (QED) is 0.854. The van der Waals surface area contributed by atoms with Gasteiger partial charge in [-0.2, -0.15) is 0 Å². The summed E-state index contributed by atoms with van der Waals surface area (Å²) in [5.41, 5.74) is -1.26. The van der Waals surface area contributed by atoms with Crippen LogP contribution in [0.1, 0.15) is 23.0 Å². The van der Waals surface area contributed by atoms with E-state index in [1.54, 1.807) is 31.2 Å². The highest BCUT2D eigenvalue weighted by molar-refractivity contribution is 5.98. The maximum absolute atomic E-state index is 12.2. The van der Waals surface area contributed by atoms with Gasteiger partial charge in [0.15, 0.2) is 5.54 Å². The molecule has 0 aliphatic rings. The van der Waals surface area contributed by atoms with E-state index in [4.69, 9.17) is 9.15 Å². The van der Waals surface area contributed by atoms with E-state index in [1.807, 2.05) is 6.07 Å². The molecule has 2 N–H and O–H groups in total. The summed E-state index contributed by atoms with van der Waals surface area (Å²) in [6.45, 7) is 2.83. The normalized spacial score (nSPS) is 13.2. The minimum atomic E-state index is -1.56. The maximum Gasteiger partial charge on any atom is 0.332 e. The van der Waals surface area contributed by atoms with E-state index in [0.717, 1.165) is 0 Å². The van der Waals surface area contributed by atoms with Gasteiger partial charge >= 0.3 is 5.97 Å². The smallest absolute Gasteiger partial charge is 0.332 e. The Balaban J connectivity index is 2.09. The molecule has 6 heteroatoms. The molecule has 0 radical (unpaired) electrons. The van der Waals surface area contributed by atoms with Crippen molar-refractivity contribution in [1.82, 2.24) is 5.32 Å². The van der Waals surface area contributed by atoms with Crippen LogP contribution >= 0.6 is 0 Å². The molecule has 1 heterocycles. The second-order valence-corrected chi connectivity index (χ2v) is 5.08.